The van der Waals surface area contributed by atoms with Crippen LogP contribution in [0.5, 0.6) is 0 Å². The molecule has 6 nitrogen and oxygen atoms in total. The van der Waals surface area contributed by atoms with Gasteiger partial charge in [0.1, 0.15) is 0 Å². The van der Waals surface area contributed by atoms with Crippen molar-refractivity contribution in [3.8, 4) is 0 Å². The van der Waals surface area contributed by atoms with E-state index in [-0.39, 0.29) is 18.5 Å². The average molecular weight is 832 g/mol. The highest BCUT2D eigenvalue weighted by Gasteiger charge is 2.20. The fraction of sp³-hybridized carbons (Fsp3) is 0.887. The summed E-state index contributed by atoms with van der Waals surface area (Å²) in [6, 6.07) is -0.567. The number of hydrogen-bond donors (Lipinski definition) is 3. The Morgan fingerprint density at radius 2 is 0.814 bits per heavy atom. The SMILES string of the molecule is CCCC/C=C\CCCCCCCC(=O)OCCCC/C=C\CCCCCCC(=O)NC(CO)C(O)CCCCCCCCCCCCCCCCCCCCCCC. The average Bonchev–Trinajstić information content (AvgIpc) is 3.24. The maximum Gasteiger partial charge on any atom is 0.305 e. The number of esters is 1. The number of carbonyl (C=O) groups is 2. The fourth-order valence-electron chi connectivity index (χ4n) is 7.91. The second-order valence-electron chi connectivity index (χ2n) is 17.8. The Morgan fingerprint density at radius 1 is 0.458 bits per heavy atom. The quantitative estimate of drug-likeness (QED) is 0.0322. The van der Waals surface area contributed by atoms with Crippen molar-refractivity contribution in [1.82, 2.24) is 5.32 Å². The van der Waals surface area contributed by atoms with E-state index in [0.29, 0.717) is 25.9 Å². The highest BCUT2D eigenvalue weighted by molar-refractivity contribution is 5.76. The Morgan fingerprint density at radius 3 is 1.25 bits per heavy atom. The molecule has 348 valence electrons. The molecular formula is C53H101NO5. The zero-order valence-corrected chi connectivity index (χ0v) is 39.5. The van der Waals surface area contributed by atoms with Gasteiger partial charge in [-0.05, 0) is 70.6 Å². The Hall–Kier alpha value is -1.66. The van der Waals surface area contributed by atoms with E-state index in [2.05, 4.69) is 43.5 Å². The minimum Gasteiger partial charge on any atom is -0.466 e. The third kappa shape index (κ3) is 45.7. The number of unbranched alkanes of at least 4 members (excludes halogenated alkanes) is 33. The van der Waals surface area contributed by atoms with E-state index >= 15 is 0 Å². The third-order valence-electron chi connectivity index (χ3n) is 12.0. The van der Waals surface area contributed by atoms with Crippen LogP contribution in [-0.4, -0.2) is 47.4 Å². The molecule has 2 unspecified atom stereocenters. The predicted molar refractivity (Wildman–Crippen MR) is 255 cm³/mol. The first-order valence-electron chi connectivity index (χ1n) is 26.1. The van der Waals surface area contributed by atoms with Gasteiger partial charge in [0.15, 0.2) is 0 Å². The molecule has 0 fully saturated rings. The molecule has 0 spiro atoms. The van der Waals surface area contributed by atoms with Gasteiger partial charge < -0.3 is 20.3 Å². The Kier molecular flexibility index (Phi) is 47.6. The number of aliphatic hydroxyl groups is 2. The number of rotatable bonds is 48. The summed E-state index contributed by atoms with van der Waals surface area (Å²) in [5.41, 5.74) is 0. The van der Waals surface area contributed by atoms with Gasteiger partial charge in [0, 0.05) is 12.8 Å². The molecule has 0 saturated carbocycles. The predicted octanol–water partition coefficient (Wildman–Crippen LogP) is 15.5. The van der Waals surface area contributed by atoms with E-state index in [4.69, 9.17) is 4.74 Å². The summed E-state index contributed by atoms with van der Waals surface area (Å²) in [6.45, 7) is 4.83. The molecule has 0 aromatic rings. The summed E-state index contributed by atoms with van der Waals surface area (Å²) in [6.07, 6.45) is 57.3. The molecule has 0 aliphatic carbocycles. The molecule has 1 amide bonds. The molecule has 0 aromatic carbocycles. The zero-order valence-electron chi connectivity index (χ0n) is 39.5. The lowest BCUT2D eigenvalue weighted by Crippen LogP contribution is -2.45. The van der Waals surface area contributed by atoms with Gasteiger partial charge >= 0.3 is 5.97 Å². The lowest BCUT2D eigenvalue weighted by atomic mass is 10.0. The first-order valence-corrected chi connectivity index (χ1v) is 26.1. The van der Waals surface area contributed by atoms with Crippen molar-refractivity contribution in [3.63, 3.8) is 0 Å². The molecule has 6 heteroatoms. The highest BCUT2D eigenvalue weighted by Crippen LogP contribution is 2.17. The van der Waals surface area contributed by atoms with Crippen molar-refractivity contribution < 1.29 is 24.5 Å². The third-order valence-corrected chi connectivity index (χ3v) is 12.0. The summed E-state index contributed by atoms with van der Waals surface area (Å²) in [5, 5.41) is 23.3. The maximum atomic E-state index is 12.5. The molecular weight excluding hydrogens is 731 g/mol. The molecule has 3 N–H and O–H groups in total. The Labute approximate surface area is 367 Å². The summed E-state index contributed by atoms with van der Waals surface area (Å²) < 4.78 is 5.41. The van der Waals surface area contributed by atoms with Gasteiger partial charge in [0.2, 0.25) is 5.91 Å². The summed E-state index contributed by atoms with van der Waals surface area (Å²) >= 11 is 0. The van der Waals surface area contributed by atoms with E-state index < -0.39 is 12.1 Å². The van der Waals surface area contributed by atoms with Crippen LogP contribution in [0.1, 0.15) is 277 Å². The molecule has 0 aliphatic heterocycles. The smallest absolute Gasteiger partial charge is 0.305 e. The molecule has 2 atom stereocenters. The minimum atomic E-state index is -0.686. The van der Waals surface area contributed by atoms with Gasteiger partial charge in [0.25, 0.3) is 0 Å². The minimum absolute atomic E-state index is 0.0471. The van der Waals surface area contributed by atoms with Crippen LogP contribution in [0.4, 0.5) is 0 Å². The van der Waals surface area contributed by atoms with Crippen LogP contribution in [0.3, 0.4) is 0 Å². The lowest BCUT2D eigenvalue weighted by molar-refractivity contribution is -0.143. The Bertz CT molecular complexity index is 920. The monoisotopic (exact) mass is 832 g/mol. The second kappa shape index (κ2) is 49.0. The van der Waals surface area contributed by atoms with Gasteiger partial charge in [-0.15, -0.1) is 0 Å². The van der Waals surface area contributed by atoms with E-state index in [9.17, 15) is 19.8 Å². The molecule has 0 saturated heterocycles. The van der Waals surface area contributed by atoms with Crippen molar-refractivity contribution in [2.24, 2.45) is 0 Å². The summed E-state index contributed by atoms with van der Waals surface area (Å²) in [5.74, 6) is -0.117. The molecule has 0 bridgehead atoms. The first-order chi connectivity index (χ1) is 29.0. The van der Waals surface area contributed by atoms with Gasteiger partial charge in [0.05, 0.1) is 25.4 Å². The van der Waals surface area contributed by atoms with E-state index in [0.717, 1.165) is 77.0 Å². The fourth-order valence-corrected chi connectivity index (χ4v) is 7.91. The van der Waals surface area contributed by atoms with Crippen LogP contribution in [0.2, 0.25) is 0 Å². The molecule has 59 heavy (non-hydrogen) atoms. The van der Waals surface area contributed by atoms with Crippen LogP contribution in [-0.2, 0) is 14.3 Å². The largest absolute Gasteiger partial charge is 0.466 e. The van der Waals surface area contributed by atoms with Crippen LogP contribution in [0.15, 0.2) is 24.3 Å². The molecule has 0 aromatic heterocycles. The number of amides is 1. The molecule has 0 radical (unpaired) electrons. The van der Waals surface area contributed by atoms with Crippen molar-refractivity contribution in [2.45, 2.75) is 289 Å². The molecule has 0 rings (SSSR count). The number of aliphatic hydroxyl groups excluding tert-OH is 2. The second-order valence-corrected chi connectivity index (χ2v) is 17.8. The van der Waals surface area contributed by atoms with Crippen LogP contribution in [0, 0.1) is 0 Å². The first kappa shape index (κ1) is 57.3. The molecule has 0 heterocycles. The maximum absolute atomic E-state index is 12.5. The van der Waals surface area contributed by atoms with E-state index in [1.54, 1.807) is 0 Å². The van der Waals surface area contributed by atoms with Crippen molar-refractivity contribution in [3.05, 3.63) is 24.3 Å². The topological polar surface area (TPSA) is 95.9 Å². The summed E-state index contributed by atoms with van der Waals surface area (Å²) in [7, 11) is 0. The van der Waals surface area contributed by atoms with E-state index in [1.807, 2.05) is 0 Å². The van der Waals surface area contributed by atoms with Crippen LogP contribution >= 0.6 is 0 Å². The van der Waals surface area contributed by atoms with Crippen LogP contribution < -0.4 is 5.32 Å². The van der Waals surface area contributed by atoms with E-state index in [1.165, 1.54) is 167 Å². The highest BCUT2D eigenvalue weighted by atomic mass is 16.5. The Balaban J connectivity index is 3.53. The van der Waals surface area contributed by atoms with Gasteiger partial charge in [-0.25, -0.2) is 0 Å². The van der Waals surface area contributed by atoms with Gasteiger partial charge in [-0.3, -0.25) is 9.59 Å². The van der Waals surface area contributed by atoms with Crippen molar-refractivity contribution >= 4 is 11.9 Å². The summed E-state index contributed by atoms with van der Waals surface area (Å²) in [4.78, 5) is 24.4. The number of nitrogens with one attached hydrogen (secondary N) is 1. The zero-order chi connectivity index (χ0) is 43.0. The van der Waals surface area contributed by atoms with Crippen LogP contribution in [0.25, 0.3) is 0 Å². The number of carbonyl (C=O) groups excluding carboxylic acids is 2. The van der Waals surface area contributed by atoms with Gasteiger partial charge in [-0.1, -0.05) is 218 Å². The number of allylic oxidation sites excluding steroid dienone is 4. The normalized spacial score (nSPS) is 12.8. The van der Waals surface area contributed by atoms with Crippen molar-refractivity contribution in [1.29, 1.82) is 0 Å². The lowest BCUT2D eigenvalue weighted by Gasteiger charge is -2.22. The van der Waals surface area contributed by atoms with Gasteiger partial charge in [-0.2, -0.15) is 0 Å². The van der Waals surface area contributed by atoms with Crippen molar-refractivity contribution in [2.75, 3.05) is 13.2 Å². The number of ether oxygens (including phenoxy) is 1. The standard InChI is InChI=1S/C53H101NO5/c1-3-5-7-9-11-13-15-16-17-18-19-20-21-22-23-24-26-29-33-37-41-45-51(56)50(49-55)54-52(57)46-42-38-34-30-27-28-32-36-40-44-48-59-53(58)47-43-39-35-31-25-14-12-10-8-6-4-2/h10,12,28,32,50-51,55-56H,3-9,11,13-27,29-31,33-49H2,1-2H3,(H,54,57)/b12-10-,32-28-. The number of hydrogen-bond acceptors (Lipinski definition) is 5. The molecule has 0 aliphatic rings.